The van der Waals surface area contributed by atoms with Crippen LogP contribution in [0.4, 0.5) is 0 Å². The number of halogens is 1. The minimum Gasteiger partial charge on any atom is -0.368 e. The van der Waals surface area contributed by atoms with Gasteiger partial charge in [0.05, 0.1) is 5.69 Å². The minimum absolute atomic E-state index is 0.000556. The van der Waals surface area contributed by atoms with E-state index in [1.54, 1.807) is 13.8 Å². The topological polar surface area (TPSA) is 102 Å². The van der Waals surface area contributed by atoms with Gasteiger partial charge in [0.2, 0.25) is 5.91 Å². The van der Waals surface area contributed by atoms with Crippen LogP contribution in [0.2, 0.25) is 4.47 Å². The van der Waals surface area contributed by atoms with Gasteiger partial charge >= 0.3 is 0 Å². The summed E-state index contributed by atoms with van der Waals surface area (Å²) in [5.74, 6) is -0.970. The van der Waals surface area contributed by atoms with E-state index in [1.807, 2.05) is 0 Å². The van der Waals surface area contributed by atoms with Crippen LogP contribution < -0.4 is 10.5 Å². The third kappa shape index (κ3) is 3.41. The largest absolute Gasteiger partial charge is 0.368 e. The summed E-state index contributed by atoms with van der Waals surface area (Å²) in [7, 11) is -3.84. The number of thiazole rings is 1. The Bertz CT molecular complexity index is 553. The van der Waals surface area contributed by atoms with Gasteiger partial charge in [-0.15, -0.1) is 0 Å². The molecular weight excluding hydrogens is 298 g/mol. The van der Waals surface area contributed by atoms with Gasteiger partial charge in [0.25, 0.3) is 10.0 Å². The fourth-order valence-electron chi connectivity index (χ4n) is 1.34. The van der Waals surface area contributed by atoms with Crippen molar-refractivity contribution in [2.75, 3.05) is 0 Å². The van der Waals surface area contributed by atoms with E-state index in [0.29, 0.717) is 5.69 Å². The first-order valence-electron chi connectivity index (χ1n) is 5.09. The van der Waals surface area contributed by atoms with Gasteiger partial charge < -0.3 is 5.73 Å². The number of primary amides is 1. The number of nitrogens with one attached hydrogen (secondary N) is 1. The third-order valence-electron chi connectivity index (χ3n) is 2.23. The molecular formula is C9H14ClN3O3S2. The minimum atomic E-state index is -3.84. The summed E-state index contributed by atoms with van der Waals surface area (Å²) in [5.41, 5.74) is 5.46. The number of amides is 1. The summed E-state index contributed by atoms with van der Waals surface area (Å²) in [4.78, 5) is 15.0. The zero-order valence-corrected chi connectivity index (χ0v) is 12.5. The van der Waals surface area contributed by atoms with E-state index in [9.17, 15) is 13.2 Å². The molecule has 0 aliphatic heterocycles. The quantitative estimate of drug-likeness (QED) is 0.843. The maximum atomic E-state index is 12.1. The van der Waals surface area contributed by atoms with Crippen molar-refractivity contribution in [3.63, 3.8) is 0 Å². The van der Waals surface area contributed by atoms with Crippen LogP contribution in [0, 0.1) is 12.8 Å². The summed E-state index contributed by atoms with van der Waals surface area (Å²) < 4.78 is 26.6. The van der Waals surface area contributed by atoms with Crippen molar-refractivity contribution >= 4 is 38.9 Å². The first-order valence-corrected chi connectivity index (χ1v) is 7.77. The van der Waals surface area contributed by atoms with Crippen molar-refractivity contribution in [2.45, 2.75) is 31.0 Å². The molecule has 0 aliphatic carbocycles. The van der Waals surface area contributed by atoms with E-state index in [1.165, 1.54) is 6.92 Å². The third-order valence-corrected chi connectivity index (χ3v) is 5.54. The highest BCUT2D eigenvalue weighted by molar-refractivity contribution is 7.91. The number of hydrogen-bond donors (Lipinski definition) is 2. The molecule has 0 saturated heterocycles. The predicted octanol–water partition coefficient (Wildman–Crippen LogP) is 0.893. The second-order valence-electron chi connectivity index (χ2n) is 4.09. The molecule has 1 heterocycles. The number of nitrogens with zero attached hydrogens (tertiary/aromatic N) is 1. The van der Waals surface area contributed by atoms with Gasteiger partial charge in [-0.25, -0.2) is 13.4 Å². The Morgan fingerprint density at radius 3 is 2.39 bits per heavy atom. The molecule has 0 saturated carbocycles. The number of carbonyl (C=O) groups excluding carboxylic acids is 1. The molecule has 102 valence electrons. The highest BCUT2D eigenvalue weighted by Gasteiger charge is 2.29. The molecule has 1 aromatic rings. The summed E-state index contributed by atoms with van der Waals surface area (Å²) in [6, 6.07) is -0.963. The monoisotopic (exact) mass is 311 g/mol. The number of aromatic nitrogens is 1. The Hall–Kier alpha value is -0.700. The molecule has 9 heteroatoms. The van der Waals surface area contributed by atoms with Crippen LogP contribution in [-0.4, -0.2) is 25.4 Å². The molecule has 1 aromatic heterocycles. The Morgan fingerprint density at radius 1 is 1.50 bits per heavy atom. The number of rotatable bonds is 5. The molecule has 0 bridgehead atoms. The summed E-state index contributed by atoms with van der Waals surface area (Å²) in [5, 5.41) is 0. The SMILES string of the molecule is Cc1nc(Cl)sc1S(=O)(=O)NC(C(N)=O)C(C)C. The molecule has 3 N–H and O–H groups in total. The molecule has 0 fully saturated rings. The first-order chi connectivity index (χ1) is 8.15. The lowest BCUT2D eigenvalue weighted by Gasteiger charge is -2.18. The first kappa shape index (κ1) is 15.4. The molecule has 0 aromatic carbocycles. The number of sulfonamides is 1. The average molecular weight is 312 g/mol. The number of carbonyl (C=O) groups is 1. The van der Waals surface area contributed by atoms with E-state index in [4.69, 9.17) is 17.3 Å². The molecule has 1 amide bonds. The fourth-order valence-corrected chi connectivity index (χ4v) is 4.45. The molecule has 0 radical (unpaired) electrons. The number of nitrogens with two attached hydrogens (primary N) is 1. The fraction of sp³-hybridized carbons (Fsp3) is 0.556. The highest BCUT2D eigenvalue weighted by atomic mass is 35.5. The highest BCUT2D eigenvalue weighted by Crippen LogP contribution is 2.27. The lowest BCUT2D eigenvalue weighted by atomic mass is 10.1. The second-order valence-corrected chi connectivity index (χ2v) is 7.58. The van der Waals surface area contributed by atoms with Crippen LogP contribution in [0.15, 0.2) is 4.21 Å². The van der Waals surface area contributed by atoms with Crippen LogP contribution >= 0.6 is 22.9 Å². The maximum Gasteiger partial charge on any atom is 0.252 e. The molecule has 1 unspecified atom stereocenters. The van der Waals surface area contributed by atoms with Crippen molar-refractivity contribution in [3.05, 3.63) is 10.2 Å². The van der Waals surface area contributed by atoms with Crippen LogP contribution in [-0.2, 0) is 14.8 Å². The zero-order valence-electron chi connectivity index (χ0n) is 10.1. The summed E-state index contributed by atoms with van der Waals surface area (Å²) >= 11 is 6.50. The lowest BCUT2D eigenvalue weighted by Crippen LogP contribution is -2.47. The average Bonchev–Trinajstić information content (AvgIpc) is 2.54. The van der Waals surface area contributed by atoms with Crippen molar-refractivity contribution in [3.8, 4) is 0 Å². The molecule has 6 nitrogen and oxygen atoms in total. The number of hydrogen-bond acceptors (Lipinski definition) is 5. The second kappa shape index (κ2) is 5.52. The van der Waals surface area contributed by atoms with Gasteiger partial charge in [0.1, 0.15) is 6.04 Å². The van der Waals surface area contributed by atoms with Gasteiger partial charge in [0.15, 0.2) is 8.68 Å². The van der Waals surface area contributed by atoms with Crippen LogP contribution in [0.3, 0.4) is 0 Å². The Balaban J connectivity index is 3.08. The molecule has 1 atom stereocenters. The Morgan fingerprint density at radius 2 is 2.06 bits per heavy atom. The molecule has 0 spiro atoms. The number of aryl methyl sites for hydroxylation is 1. The zero-order chi connectivity index (χ0) is 14.1. The Labute approximate surface area is 115 Å². The Kier molecular flexibility index (Phi) is 4.71. The standard InChI is InChI=1S/C9H14ClN3O3S2/c1-4(2)6(7(11)14)13-18(15,16)8-5(3)12-9(10)17-8/h4,6,13H,1-3H3,(H2,11,14). The van der Waals surface area contributed by atoms with E-state index in [0.717, 1.165) is 11.3 Å². The van der Waals surface area contributed by atoms with Crippen molar-refractivity contribution in [1.29, 1.82) is 0 Å². The van der Waals surface area contributed by atoms with Gasteiger partial charge in [0, 0.05) is 0 Å². The van der Waals surface area contributed by atoms with Gasteiger partial charge in [-0.2, -0.15) is 4.72 Å². The molecule has 1 rings (SSSR count). The summed E-state index contributed by atoms with van der Waals surface area (Å²) in [6.07, 6.45) is 0. The van der Waals surface area contributed by atoms with Gasteiger partial charge in [-0.1, -0.05) is 36.8 Å². The van der Waals surface area contributed by atoms with E-state index in [2.05, 4.69) is 9.71 Å². The predicted molar refractivity (Wildman–Crippen MR) is 70.0 cm³/mol. The van der Waals surface area contributed by atoms with Crippen molar-refractivity contribution in [2.24, 2.45) is 11.7 Å². The molecule has 18 heavy (non-hydrogen) atoms. The smallest absolute Gasteiger partial charge is 0.252 e. The van der Waals surface area contributed by atoms with E-state index >= 15 is 0 Å². The molecule has 0 aliphatic rings. The van der Waals surface area contributed by atoms with Crippen LogP contribution in [0.25, 0.3) is 0 Å². The van der Waals surface area contributed by atoms with E-state index in [-0.39, 0.29) is 14.6 Å². The normalized spacial score (nSPS) is 13.8. The van der Waals surface area contributed by atoms with Gasteiger partial charge in [-0.3, -0.25) is 4.79 Å². The maximum absolute atomic E-state index is 12.1. The summed E-state index contributed by atoms with van der Waals surface area (Å²) in [6.45, 7) is 4.93. The van der Waals surface area contributed by atoms with Gasteiger partial charge in [-0.05, 0) is 12.8 Å². The van der Waals surface area contributed by atoms with Crippen LogP contribution in [0.5, 0.6) is 0 Å². The van der Waals surface area contributed by atoms with Crippen molar-refractivity contribution < 1.29 is 13.2 Å². The lowest BCUT2D eigenvalue weighted by molar-refractivity contribution is -0.120. The van der Waals surface area contributed by atoms with Crippen molar-refractivity contribution in [1.82, 2.24) is 9.71 Å². The van der Waals surface area contributed by atoms with E-state index < -0.39 is 22.0 Å². The van der Waals surface area contributed by atoms with Crippen LogP contribution in [0.1, 0.15) is 19.5 Å².